The predicted molar refractivity (Wildman–Crippen MR) is 127 cm³/mol. The SMILES string of the molecule is O=C(CCCCCN(C(=O)c1ccccc1)C1(C(=O)NC2CCCCC2)CCCCC1)NO. The largest absolute Gasteiger partial charge is 0.351 e. The van der Waals surface area contributed by atoms with Gasteiger partial charge >= 0.3 is 0 Å². The van der Waals surface area contributed by atoms with Gasteiger partial charge in [0.25, 0.3) is 5.91 Å². The molecule has 182 valence electrons. The molecule has 2 saturated carbocycles. The van der Waals surface area contributed by atoms with Crippen molar-refractivity contribution < 1.29 is 19.6 Å². The maximum absolute atomic E-state index is 13.8. The summed E-state index contributed by atoms with van der Waals surface area (Å²) in [5, 5.41) is 12.0. The molecule has 2 aliphatic carbocycles. The third-order valence-electron chi connectivity index (χ3n) is 7.24. The molecule has 7 heteroatoms. The van der Waals surface area contributed by atoms with Crippen LogP contribution in [0.5, 0.6) is 0 Å². The van der Waals surface area contributed by atoms with Crippen LogP contribution in [-0.4, -0.2) is 46.0 Å². The van der Waals surface area contributed by atoms with E-state index in [1.807, 2.05) is 35.2 Å². The van der Waals surface area contributed by atoms with Gasteiger partial charge in [0.15, 0.2) is 0 Å². The zero-order valence-corrected chi connectivity index (χ0v) is 19.7. The lowest BCUT2D eigenvalue weighted by atomic mass is 9.78. The lowest BCUT2D eigenvalue weighted by Crippen LogP contribution is -2.63. The number of unbranched alkanes of at least 4 members (excludes halogenated alkanes) is 2. The van der Waals surface area contributed by atoms with Crippen LogP contribution in [0.2, 0.25) is 0 Å². The van der Waals surface area contributed by atoms with Crippen molar-refractivity contribution in [3.8, 4) is 0 Å². The first kappa shape index (κ1) is 25.2. The Kier molecular flexibility index (Phi) is 9.73. The zero-order chi connectivity index (χ0) is 23.5. The van der Waals surface area contributed by atoms with Crippen molar-refractivity contribution >= 4 is 17.7 Å². The van der Waals surface area contributed by atoms with Crippen molar-refractivity contribution in [3.05, 3.63) is 35.9 Å². The summed E-state index contributed by atoms with van der Waals surface area (Å²) in [4.78, 5) is 40.6. The fraction of sp³-hybridized carbons (Fsp3) is 0.654. The van der Waals surface area contributed by atoms with Crippen molar-refractivity contribution in [1.29, 1.82) is 0 Å². The van der Waals surface area contributed by atoms with E-state index < -0.39 is 11.4 Å². The highest BCUT2D eigenvalue weighted by Gasteiger charge is 2.47. The number of hydrogen-bond donors (Lipinski definition) is 3. The molecule has 3 amide bonds. The van der Waals surface area contributed by atoms with Crippen LogP contribution in [0.15, 0.2) is 30.3 Å². The average Bonchev–Trinajstić information content (AvgIpc) is 2.87. The second-order valence-corrected chi connectivity index (χ2v) is 9.57. The molecule has 0 atom stereocenters. The number of hydroxylamine groups is 1. The number of benzene rings is 1. The van der Waals surface area contributed by atoms with Crippen LogP contribution in [0.1, 0.15) is 100 Å². The molecule has 0 spiro atoms. The van der Waals surface area contributed by atoms with Gasteiger partial charge in [-0.3, -0.25) is 19.6 Å². The standard InChI is InChI=1S/C26H39N3O4/c30-23(28-33)17-9-3-12-20-29(24(31)21-13-5-1-6-14-21)26(18-10-4-11-19-26)25(32)27-22-15-7-2-8-16-22/h1,5-6,13-14,22,33H,2-4,7-12,15-20H2,(H,27,32)(H,28,30). The van der Waals surface area contributed by atoms with E-state index in [2.05, 4.69) is 5.32 Å². The Hall–Kier alpha value is -2.41. The molecule has 3 N–H and O–H groups in total. The number of hydrogen-bond acceptors (Lipinski definition) is 4. The number of rotatable bonds is 10. The first-order valence-electron chi connectivity index (χ1n) is 12.7. The van der Waals surface area contributed by atoms with E-state index in [0.29, 0.717) is 37.8 Å². The summed E-state index contributed by atoms with van der Waals surface area (Å²) in [6.07, 6.45) is 12.2. The molecular weight excluding hydrogens is 418 g/mol. The van der Waals surface area contributed by atoms with Crippen LogP contribution in [0, 0.1) is 0 Å². The van der Waals surface area contributed by atoms with E-state index in [0.717, 1.165) is 51.4 Å². The Morgan fingerprint density at radius 2 is 1.58 bits per heavy atom. The van der Waals surface area contributed by atoms with Gasteiger partial charge in [-0.05, 0) is 50.7 Å². The quantitative estimate of drug-likeness (QED) is 0.276. The Morgan fingerprint density at radius 3 is 2.24 bits per heavy atom. The molecule has 0 bridgehead atoms. The molecule has 0 unspecified atom stereocenters. The van der Waals surface area contributed by atoms with Gasteiger partial charge in [-0.15, -0.1) is 0 Å². The van der Waals surface area contributed by atoms with E-state index in [1.165, 1.54) is 6.42 Å². The molecule has 0 heterocycles. The van der Waals surface area contributed by atoms with Crippen LogP contribution in [-0.2, 0) is 9.59 Å². The van der Waals surface area contributed by atoms with Crippen molar-refractivity contribution in [2.24, 2.45) is 0 Å². The van der Waals surface area contributed by atoms with Crippen LogP contribution in [0.4, 0.5) is 0 Å². The molecule has 33 heavy (non-hydrogen) atoms. The Labute approximate surface area is 197 Å². The highest BCUT2D eigenvalue weighted by atomic mass is 16.5. The number of carbonyl (C=O) groups is 3. The molecule has 1 aromatic rings. The lowest BCUT2D eigenvalue weighted by Gasteiger charge is -2.46. The van der Waals surface area contributed by atoms with Crippen LogP contribution in [0.3, 0.4) is 0 Å². The molecule has 0 radical (unpaired) electrons. The third kappa shape index (κ3) is 6.79. The summed E-state index contributed by atoms with van der Waals surface area (Å²) in [6.45, 7) is 0.479. The van der Waals surface area contributed by atoms with Gasteiger partial charge < -0.3 is 10.2 Å². The van der Waals surface area contributed by atoms with Crippen molar-refractivity contribution in [3.63, 3.8) is 0 Å². The molecular formula is C26H39N3O4. The molecule has 2 fully saturated rings. The number of nitrogens with zero attached hydrogens (tertiary/aromatic N) is 1. The van der Waals surface area contributed by atoms with Crippen LogP contribution < -0.4 is 10.8 Å². The Balaban J connectivity index is 1.79. The summed E-state index contributed by atoms with van der Waals surface area (Å²) in [6, 6.07) is 9.44. The Morgan fingerprint density at radius 1 is 0.909 bits per heavy atom. The summed E-state index contributed by atoms with van der Waals surface area (Å²) in [5.41, 5.74) is 1.45. The molecule has 0 saturated heterocycles. The molecule has 1 aromatic carbocycles. The van der Waals surface area contributed by atoms with Crippen molar-refractivity contribution in [1.82, 2.24) is 15.7 Å². The number of nitrogens with one attached hydrogen (secondary N) is 2. The maximum Gasteiger partial charge on any atom is 0.254 e. The van der Waals surface area contributed by atoms with Gasteiger partial charge in [0.1, 0.15) is 5.54 Å². The smallest absolute Gasteiger partial charge is 0.254 e. The molecule has 0 aromatic heterocycles. The van der Waals surface area contributed by atoms with Crippen molar-refractivity contribution in [2.45, 2.75) is 101 Å². The monoisotopic (exact) mass is 457 g/mol. The molecule has 0 aliphatic heterocycles. The average molecular weight is 458 g/mol. The van der Waals surface area contributed by atoms with E-state index in [4.69, 9.17) is 5.21 Å². The number of amides is 3. The van der Waals surface area contributed by atoms with Crippen molar-refractivity contribution in [2.75, 3.05) is 6.54 Å². The number of carbonyl (C=O) groups excluding carboxylic acids is 3. The second kappa shape index (κ2) is 12.7. The first-order chi connectivity index (χ1) is 16.1. The van der Waals surface area contributed by atoms with Gasteiger partial charge in [-0.1, -0.05) is 63.1 Å². The third-order valence-corrected chi connectivity index (χ3v) is 7.24. The van der Waals surface area contributed by atoms with Crippen LogP contribution in [0.25, 0.3) is 0 Å². The topological polar surface area (TPSA) is 98.7 Å². The summed E-state index contributed by atoms with van der Waals surface area (Å²) < 4.78 is 0. The fourth-order valence-corrected chi connectivity index (χ4v) is 5.36. The normalized spacial score (nSPS) is 18.3. The lowest BCUT2D eigenvalue weighted by molar-refractivity contribution is -0.135. The Bertz CT molecular complexity index is 771. The molecule has 3 rings (SSSR count). The van der Waals surface area contributed by atoms with E-state index >= 15 is 0 Å². The van der Waals surface area contributed by atoms with E-state index in [9.17, 15) is 14.4 Å². The summed E-state index contributed by atoms with van der Waals surface area (Å²) in [5.74, 6) is -0.481. The van der Waals surface area contributed by atoms with E-state index in [-0.39, 0.29) is 24.3 Å². The van der Waals surface area contributed by atoms with Gasteiger partial charge in [0.05, 0.1) is 0 Å². The molecule has 2 aliphatic rings. The highest BCUT2D eigenvalue weighted by molar-refractivity contribution is 5.99. The van der Waals surface area contributed by atoms with Gasteiger partial charge in [-0.2, -0.15) is 0 Å². The fourth-order valence-electron chi connectivity index (χ4n) is 5.36. The summed E-state index contributed by atoms with van der Waals surface area (Å²) in [7, 11) is 0. The van der Waals surface area contributed by atoms with Gasteiger partial charge in [-0.25, -0.2) is 5.48 Å². The second-order valence-electron chi connectivity index (χ2n) is 9.57. The minimum absolute atomic E-state index is 0.0121. The van der Waals surface area contributed by atoms with Gasteiger partial charge in [0, 0.05) is 24.6 Å². The summed E-state index contributed by atoms with van der Waals surface area (Å²) >= 11 is 0. The van der Waals surface area contributed by atoms with Gasteiger partial charge in [0.2, 0.25) is 11.8 Å². The minimum Gasteiger partial charge on any atom is -0.351 e. The highest BCUT2D eigenvalue weighted by Crippen LogP contribution is 2.36. The predicted octanol–water partition coefficient (Wildman–Crippen LogP) is 4.35. The van der Waals surface area contributed by atoms with E-state index in [1.54, 1.807) is 5.48 Å². The van der Waals surface area contributed by atoms with Crippen LogP contribution >= 0.6 is 0 Å². The minimum atomic E-state index is -0.814. The maximum atomic E-state index is 13.8. The zero-order valence-electron chi connectivity index (χ0n) is 19.7. The molecule has 7 nitrogen and oxygen atoms in total. The first-order valence-corrected chi connectivity index (χ1v) is 12.7.